The molecule has 0 aromatic heterocycles. The van der Waals surface area contributed by atoms with E-state index in [1.165, 1.54) is 0 Å². The molecule has 1 heterocycles. The van der Waals surface area contributed by atoms with E-state index in [1.54, 1.807) is 11.1 Å². The van der Waals surface area contributed by atoms with Gasteiger partial charge in [-0.25, -0.2) is 9.79 Å². The van der Waals surface area contributed by atoms with Crippen LogP contribution in [0, 0.1) is 3.57 Å². The van der Waals surface area contributed by atoms with Gasteiger partial charge in [0.25, 0.3) is 0 Å². The van der Waals surface area contributed by atoms with Crippen LogP contribution in [0.5, 0.6) is 0 Å². The van der Waals surface area contributed by atoms with Crippen LogP contribution < -0.4 is 0 Å². The number of cyclic esters (lactones) is 1. The molecule has 1 aromatic carbocycles. The monoisotopic (exact) mass is 342 g/mol. The Hall–Kier alpha value is -1.37. The predicted molar refractivity (Wildman–Crippen MR) is 73.6 cm³/mol. The number of hydrogen-bond acceptors (Lipinski definition) is 4. The maximum absolute atomic E-state index is 11.6. The first-order chi connectivity index (χ1) is 8.08. The van der Waals surface area contributed by atoms with E-state index >= 15 is 0 Å². The van der Waals surface area contributed by atoms with Crippen LogP contribution in [0.1, 0.15) is 5.56 Å². The Balaban J connectivity index is 2.37. The largest absolute Gasteiger partial charge is 0.402 e. The van der Waals surface area contributed by atoms with Crippen molar-refractivity contribution >= 4 is 34.5 Å². The molecule has 2 rings (SSSR count). The molecule has 1 aliphatic rings. The molecule has 0 aliphatic carbocycles. The second-order valence-corrected chi connectivity index (χ2v) is 4.93. The Kier molecular flexibility index (Phi) is 3.46. The summed E-state index contributed by atoms with van der Waals surface area (Å²) in [5, 5.41) is 0. The van der Waals surface area contributed by atoms with E-state index in [-0.39, 0.29) is 0 Å². The second kappa shape index (κ2) is 4.87. The number of nitrogens with zero attached hydrogens (tertiary/aromatic N) is 2. The molecule has 0 atom stereocenters. The molecule has 1 aromatic rings. The standard InChI is InChI=1S/C12H11IN2O2/c1-15(2)7-10-12(16)17-11(14-10)8-5-3-4-6-9(8)13/h3-7H,1-2H3. The number of benzene rings is 1. The third-order valence-electron chi connectivity index (χ3n) is 2.11. The van der Waals surface area contributed by atoms with Gasteiger partial charge in [-0.3, -0.25) is 0 Å². The normalized spacial score (nSPS) is 17.0. The van der Waals surface area contributed by atoms with E-state index < -0.39 is 5.97 Å². The van der Waals surface area contributed by atoms with Crippen molar-refractivity contribution in [1.82, 2.24) is 4.90 Å². The molecule has 0 amide bonds. The zero-order valence-corrected chi connectivity index (χ0v) is 11.6. The summed E-state index contributed by atoms with van der Waals surface area (Å²) in [7, 11) is 3.67. The lowest BCUT2D eigenvalue weighted by Gasteiger charge is -2.02. The summed E-state index contributed by atoms with van der Waals surface area (Å²) in [5.74, 6) is -0.0403. The average Bonchev–Trinajstić information content (AvgIpc) is 2.60. The van der Waals surface area contributed by atoms with Crippen LogP contribution in [0.3, 0.4) is 0 Å². The van der Waals surface area contributed by atoms with E-state index in [0.717, 1.165) is 9.13 Å². The topological polar surface area (TPSA) is 41.9 Å². The Morgan fingerprint density at radius 2 is 2.06 bits per heavy atom. The third-order valence-corrected chi connectivity index (χ3v) is 3.05. The van der Waals surface area contributed by atoms with Crippen molar-refractivity contribution in [1.29, 1.82) is 0 Å². The van der Waals surface area contributed by atoms with Crippen molar-refractivity contribution < 1.29 is 9.53 Å². The van der Waals surface area contributed by atoms with E-state index in [2.05, 4.69) is 27.6 Å². The predicted octanol–water partition coefficient (Wildman–Crippen LogP) is 2.00. The Morgan fingerprint density at radius 3 is 2.71 bits per heavy atom. The first-order valence-corrected chi connectivity index (χ1v) is 6.10. The first-order valence-electron chi connectivity index (χ1n) is 5.02. The molecule has 17 heavy (non-hydrogen) atoms. The third kappa shape index (κ3) is 2.66. The van der Waals surface area contributed by atoms with Crippen LogP contribution in [-0.4, -0.2) is 30.9 Å². The van der Waals surface area contributed by atoms with E-state index in [0.29, 0.717) is 11.6 Å². The molecule has 0 unspecified atom stereocenters. The summed E-state index contributed by atoms with van der Waals surface area (Å²) >= 11 is 2.19. The van der Waals surface area contributed by atoms with Gasteiger partial charge in [-0.1, -0.05) is 12.1 Å². The molecule has 0 bridgehead atoms. The number of carbonyl (C=O) groups is 1. The minimum Gasteiger partial charge on any atom is -0.402 e. The van der Waals surface area contributed by atoms with Crippen LogP contribution in [0.25, 0.3) is 0 Å². The quantitative estimate of drug-likeness (QED) is 0.469. The molecule has 88 valence electrons. The van der Waals surface area contributed by atoms with Crippen LogP contribution >= 0.6 is 22.6 Å². The first kappa shape index (κ1) is 12.1. The number of rotatable bonds is 2. The molecule has 0 fully saturated rings. The SMILES string of the molecule is CN(C)C=C1N=C(c2ccccc2I)OC1=O. The minimum absolute atomic E-state index is 0.324. The van der Waals surface area contributed by atoms with Crippen molar-refractivity contribution in [3.05, 3.63) is 45.3 Å². The van der Waals surface area contributed by atoms with Gasteiger partial charge in [0.1, 0.15) is 0 Å². The lowest BCUT2D eigenvalue weighted by Crippen LogP contribution is -2.08. The minimum atomic E-state index is -0.409. The maximum Gasteiger partial charge on any atom is 0.365 e. The molecule has 0 N–H and O–H groups in total. The second-order valence-electron chi connectivity index (χ2n) is 3.76. The van der Waals surface area contributed by atoms with Gasteiger partial charge < -0.3 is 9.64 Å². The van der Waals surface area contributed by atoms with Crippen LogP contribution in [0.15, 0.2) is 41.2 Å². The van der Waals surface area contributed by atoms with Crippen LogP contribution in [-0.2, 0) is 9.53 Å². The highest BCUT2D eigenvalue weighted by Crippen LogP contribution is 2.20. The summed E-state index contributed by atoms with van der Waals surface area (Å²) < 4.78 is 6.16. The Bertz CT molecular complexity index is 521. The maximum atomic E-state index is 11.6. The molecule has 0 saturated carbocycles. The number of aliphatic imine (C=N–C) groups is 1. The highest BCUT2D eigenvalue weighted by atomic mass is 127. The molecular formula is C12H11IN2O2. The van der Waals surface area contributed by atoms with Crippen molar-refractivity contribution in [2.75, 3.05) is 14.1 Å². The zero-order chi connectivity index (χ0) is 12.4. The Labute approximate surface area is 113 Å². The number of hydrogen-bond donors (Lipinski definition) is 0. The number of esters is 1. The lowest BCUT2D eigenvalue weighted by molar-refractivity contribution is -0.130. The number of halogens is 1. The van der Waals surface area contributed by atoms with Crippen LogP contribution in [0.2, 0.25) is 0 Å². The molecular weight excluding hydrogens is 331 g/mol. The smallest absolute Gasteiger partial charge is 0.365 e. The van der Waals surface area contributed by atoms with Crippen molar-refractivity contribution in [3.63, 3.8) is 0 Å². The number of ether oxygens (including phenoxy) is 1. The summed E-state index contributed by atoms with van der Waals surface area (Å²) in [5.41, 5.74) is 1.16. The van der Waals surface area contributed by atoms with Gasteiger partial charge >= 0.3 is 5.97 Å². The molecule has 4 nitrogen and oxygen atoms in total. The highest BCUT2D eigenvalue weighted by Gasteiger charge is 2.25. The van der Waals surface area contributed by atoms with Gasteiger partial charge in [-0.2, -0.15) is 0 Å². The lowest BCUT2D eigenvalue weighted by atomic mass is 10.2. The zero-order valence-electron chi connectivity index (χ0n) is 9.48. The Morgan fingerprint density at radius 1 is 1.35 bits per heavy atom. The fourth-order valence-electron chi connectivity index (χ4n) is 1.39. The summed E-state index contributed by atoms with van der Waals surface area (Å²) in [4.78, 5) is 17.5. The summed E-state index contributed by atoms with van der Waals surface area (Å²) in [6, 6.07) is 7.65. The van der Waals surface area contributed by atoms with E-state index in [9.17, 15) is 4.79 Å². The molecule has 5 heteroatoms. The average molecular weight is 342 g/mol. The van der Waals surface area contributed by atoms with Gasteiger partial charge in [0.05, 0.1) is 5.56 Å². The molecule has 0 spiro atoms. The van der Waals surface area contributed by atoms with Gasteiger partial charge in [-0.05, 0) is 34.7 Å². The van der Waals surface area contributed by atoms with Gasteiger partial charge in [0, 0.05) is 23.9 Å². The van der Waals surface area contributed by atoms with E-state index in [4.69, 9.17) is 4.74 Å². The molecule has 0 radical (unpaired) electrons. The van der Waals surface area contributed by atoms with Gasteiger partial charge in [-0.15, -0.1) is 0 Å². The van der Waals surface area contributed by atoms with Gasteiger partial charge in [0.2, 0.25) is 5.90 Å². The van der Waals surface area contributed by atoms with Crippen molar-refractivity contribution in [3.8, 4) is 0 Å². The summed E-state index contributed by atoms with van der Waals surface area (Å²) in [6.07, 6.45) is 1.64. The van der Waals surface area contributed by atoms with E-state index in [1.807, 2.05) is 38.4 Å². The number of carbonyl (C=O) groups excluding carboxylic acids is 1. The van der Waals surface area contributed by atoms with Crippen molar-refractivity contribution in [2.24, 2.45) is 4.99 Å². The molecule has 0 saturated heterocycles. The van der Waals surface area contributed by atoms with Crippen molar-refractivity contribution in [2.45, 2.75) is 0 Å². The van der Waals surface area contributed by atoms with Crippen LogP contribution in [0.4, 0.5) is 0 Å². The fourth-order valence-corrected chi connectivity index (χ4v) is 2.01. The molecule has 1 aliphatic heterocycles. The summed E-state index contributed by atoms with van der Waals surface area (Å²) in [6.45, 7) is 0. The fraction of sp³-hybridized carbons (Fsp3) is 0.167. The van der Waals surface area contributed by atoms with Gasteiger partial charge in [0.15, 0.2) is 5.70 Å². The highest BCUT2D eigenvalue weighted by molar-refractivity contribution is 14.1.